The van der Waals surface area contributed by atoms with E-state index in [0.29, 0.717) is 24.4 Å². The zero-order valence-corrected chi connectivity index (χ0v) is 14.9. The fourth-order valence-corrected chi connectivity index (χ4v) is 2.87. The molecular weight excluding hydrogens is 332 g/mol. The van der Waals surface area contributed by atoms with Gasteiger partial charge in [-0.25, -0.2) is 0 Å². The van der Waals surface area contributed by atoms with Crippen molar-refractivity contribution < 1.29 is 19.1 Å². The monoisotopic (exact) mass is 354 g/mol. The molecule has 0 saturated carbocycles. The molecule has 0 aliphatic carbocycles. The molecule has 1 atom stereocenters. The maximum Gasteiger partial charge on any atom is 0.253 e. The first-order chi connectivity index (χ1) is 12.6. The normalized spacial score (nSPS) is 17.1. The third-order valence-corrected chi connectivity index (χ3v) is 4.27. The average Bonchev–Trinajstić information content (AvgIpc) is 2.67. The van der Waals surface area contributed by atoms with E-state index in [1.807, 2.05) is 31.2 Å². The minimum Gasteiger partial charge on any atom is -0.497 e. The standard InChI is InChI=1S/C20H22N2O4/c1-14-5-3-7-16(9-14)22-12-18(26-13-19(22)23)11-21-20(24)15-6-4-8-17(10-15)25-2/h3-10,18H,11-13H2,1-2H3,(H,21,24). The molecule has 1 unspecified atom stereocenters. The predicted octanol–water partition coefficient (Wildman–Crippen LogP) is 2.17. The number of aryl methyl sites for hydroxylation is 1. The zero-order valence-electron chi connectivity index (χ0n) is 14.9. The molecule has 6 heteroatoms. The molecule has 0 bridgehead atoms. The summed E-state index contributed by atoms with van der Waals surface area (Å²) in [5, 5.41) is 2.86. The average molecular weight is 354 g/mol. The number of rotatable bonds is 5. The number of hydrogen-bond donors (Lipinski definition) is 1. The van der Waals surface area contributed by atoms with E-state index in [1.165, 1.54) is 0 Å². The fourth-order valence-electron chi connectivity index (χ4n) is 2.87. The SMILES string of the molecule is COc1cccc(C(=O)NCC2CN(c3cccc(C)c3)C(=O)CO2)c1. The summed E-state index contributed by atoms with van der Waals surface area (Å²) in [5.41, 5.74) is 2.46. The predicted molar refractivity (Wildman–Crippen MR) is 98.6 cm³/mol. The lowest BCUT2D eigenvalue weighted by molar-refractivity contribution is -0.129. The minimum absolute atomic E-state index is 0.00758. The molecule has 26 heavy (non-hydrogen) atoms. The van der Waals surface area contributed by atoms with E-state index in [-0.39, 0.29) is 24.5 Å². The van der Waals surface area contributed by atoms with Gasteiger partial charge >= 0.3 is 0 Å². The first-order valence-electron chi connectivity index (χ1n) is 8.47. The molecule has 0 spiro atoms. The summed E-state index contributed by atoms with van der Waals surface area (Å²) >= 11 is 0. The largest absolute Gasteiger partial charge is 0.497 e. The van der Waals surface area contributed by atoms with E-state index in [9.17, 15) is 9.59 Å². The summed E-state index contributed by atoms with van der Waals surface area (Å²) in [7, 11) is 1.56. The lowest BCUT2D eigenvalue weighted by atomic mass is 10.1. The van der Waals surface area contributed by atoms with Crippen molar-refractivity contribution in [3.8, 4) is 5.75 Å². The van der Waals surface area contributed by atoms with Crippen LogP contribution in [0.4, 0.5) is 5.69 Å². The fraction of sp³-hybridized carbons (Fsp3) is 0.300. The van der Waals surface area contributed by atoms with Gasteiger partial charge in [0.2, 0.25) is 0 Å². The highest BCUT2D eigenvalue weighted by molar-refractivity contribution is 5.95. The minimum atomic E-state index is -0.261. The van der Waals surface area contributed by atoms with Crippen molar-refractivity contribution in [1.29, 1.82) is 0 Å². The molecule has 3 rings (SSSR count). The Morgan fingerprint density at radius 3 is 2.85 bits per heavy atom. The maximum absolute atomic E-state index is 12.3. The summed E-state index contributed by atoms with van der Waals surface area (Å²) in [6, 6.07) is 14.7. The van der Waals surface area contributed by atoms with Gasteiger partial charge in [0.15, 0.2) is 0 Å². The molecule has 2 amide bonds. The van der Waals surface area contributed by atoms with Crippen LogP contribution in [0.15, 0.2) is 48.5 Å². The van der Waals surface area contributed by atoms with E-state index in [2.05, 4.69) is 5.32 Å². The second-order valence-corrected chi connectivity index (χ2v) is 6.22. The van der Waals surface area contributed by atoms with Crippen LogP contribution in [0.2, 0.25) is 0 Å². The Hall–Kier alpha value is -2.86. The zero-order chi connectivity index (χ0) is 18.5. The lowest BCUT2D eigenvalue weighted by Crippen LogP contribution is -2.50. The van der Waals surface area contributed by atoms with E-state index >= 15 is 0 Å². The highest BCUT2D eigenvalue weighted by Gasteiger charge is 2.27. The Labute approximate surface area is 152 Å². The Kier molecular flexibility index (Phi) is 5.53. The molecule has 1 aliphatic heterocycles. The molecule has 1 fully saturated rings. The number of methoxy groups -OCH3 is 1. The van der Waals surface area contributed by atoms with Crippen molar-refractivity contribution in [2.45, 2.75) is 13.0 Å². The number of amides is 2. The molecule has 2 aromatic carbocycles. The van der Waals surface area contributed by atoms with Crippen LogP contribution in [0, 0.1) is 6.92 Å². The Balaban J connectivity index is 1.61. The molecule has 0 aromatic heterocycles. The smallest absolute Gasteiger partial charge is 0.253 e. The Bertz CT molecular complexity index is 806. The van der Waals surface area contributed by atoms with Crippen molar-refractivity contribution in [3.63, 3.8) is 0 Å². The first kappa shape index (κ1) is 17.9. The summed E-state index contributed by atoms with van der Waals surface area (Å²) in [6.07, 6.45) is -0.261. The number of hydrogen-bond acceptors (Lipinski definition) is 4. The van der Waals surface area contributed by atoms with Crippen LogP contribution in [0.25, 0.3) is 0 Å². The summed E-state index contributed by atoms with van der Waals surface area (Å²) in [6.45, 7) is 2.72. The van der Waals surface area contributed by atoms with Crippen LogP contribution in [-0.4, -0.2) is 44.7 Å². The third kappa shape index (κ3) is 4.21. The summed E-state index contributed by atoms with van der Waals surface area (Å²) in [5.74, 6) is 0.347. The molecule has 1 N–H and O–H groups in total. The molecule has 1 aliphatic rings. The number of morpholine rings is 1. The highest BCUT2D eigenvalue weighted by Crippen LogP contribution is 2.20. The van der Waals surface area contributed by atoms with Gasteiger partial charge < -0.3 is 19.7 Å². The van der Waals surface area contributed by atoms with E-state index in [4.69, 9.17) is 9.47 Å². The van der Waals surface area contributed by atoms with Crippen LogP contribution in [0.1, 0.15) is 15.9 Å². The summed E-state index contributed by atoms with van der Waals surface area (Å²) < 4.78 is 10.7. The van der Waals surface area contributed by atoms with Gasteiger partial charge in [-0.1, -0.05) is 18.2 Å². The third-order valence-electron chi connectivity index (χ3n) is 4.27. The van der Waals surface area contributed by atoms with Crippen LogP contribution < -0.4 is 15.0 Å². The van der Waals surface area contributed by atoms with Crippen LogP contribution in [0.3, 0.4) is 0 Å². The van der Waals surface area contributed by atoms with E-state index in [0.717, 1.165) is 11.3 Å². The van der Waals surface area contributed by atoms with Crippen LogP contribution in [-0.2, 0) is 9.53 Å². The van der Waals surface area contributed by atoms with Crippen LogP contribution in [0.5, 0.6) is 5.75 Å². The van der Waals surface area contributed by atoms with Crippen molar-refractivity contribution in [2.75, 3.05) is 31.7 Å². The van der Waals surface area contributed by atoms with Crippen molar-refractivity contribution in [2.24, 2.45) is 0 Å². The van der Waals surface area contributed by atoms with Crippen LogP contribution >= 0.6 is 0 Å². The van der Waals surface area contributed by atoms with Crippen molar-refractivity contribution >= 4 is 17.5 Å². The second-order valence-electron chi connectivity index (χ2n) is 6.22. The first-order valence-corrected chi connectivity index (χ1v) is 8.47. The van der Waals surface area contributed by atoms with Gasteiger partial charge in [-0.2, -0.15) is 0 Å². The van der Waals surface area contributed by atoms with Gasteiger partial charge in [0.1, 0.15) is 12.4 Å². The second kappa shape index (κ2) is 8.01. The Morgan fingerprint density at radius 1 is 1.27 bits per heavy atom. The molecule has 0 radical (unpaired) electrons. The molecular formula is C20H22N2O4. The maximum atomic E-state index is 12.3. The molecule has 1 saturated heterocycles. The van der Waals surface area contributed by atoms with Gasteiger partial charge in [-0.05, 0) is 42.8 Å². The van der Waals surface area contributed by atoms with Gasteiger partial charge in [-0.3, -0.25) is 9.59 Å². The van der Waals surface area contributed by atoms with Crippen molar-refractivity contribution in [1.82, 2.24) is 5.32 Å². The topological polar surface area (TPSA) is 67.9 Å². The van der Waals surface area contributed by atoms with Gasteiger partial charge in [0.05, 0.1) is 19.8 Å². The molecule has 1 heterocycles. The van der Waals surface area contributed by atoms with Gasteiger partial charge in [0.25, 0.3) is 11.8 Å². The number of anilines is 1. The van der Waals surface area contributed by atoms with E-state index < -0.39 is 0 Å². The number of nitrogens with one attached hydrogen (secondary N) is 1. The molecule has 2 aromatic rings. The van der Waals surface area contributed by atoms with Gasteiger partial charge in [-0.15, -0.1) is 0 Å². The number of carbonyl (C=O) groups is 2. The summed E-state index contributed by atoms with van der Waals surface area (Å²) in [4.78, 5) is 26.2. The highest BCUT2D eigenvalue weighted by atomic mass is 16.5. The quantitative estimate of drug-likeness (QED) is 0.894. The number of nitrogens with zero attached hydrogens (tertiary/aromatic N) is 1. The molecule has 136 valence electrons. The Morgan fingerprint density at radius 2 is 2.08 bits per heavy atom. The number of benzene rings is 2. The number of ether oxygens (including phenoxy) is 2. The van der Waals surface area contributed by atoms with E-state index in [1.54, 1.807) is 36.3 Å². The molecule has 6 nitrogen and oxygen atoms in total. The van der Waals surface area contributed by atoms with Crippen molar-refractivity contribution in [3.05, 3.63) is 59.7 Å². The lowest BCUT2D eigenvalue weighted by Gasteiger charge is -2.33. The van der Waals surface area contributed by atoms with Gasteiger partial charge in [0, 0.05) is 17.8 Å². The number of carbonyl (C=O) groups excluding carboxylic acids is 2.